The second kappa shape index (κ2) is 7.33. The third-order valence-electron chi connectivity index (χ3n) is 4.90. The molecule has 8 nitrogen and oxygen atoms in total. The number of para-hydroxylation sites is 1. The summed E-state index contributed by atoms with van der Waals surface area (Å²) in [6.07, 6.45) is 0.734. The Hall–Kier alpha value is -2.62. The van der Waals surface area contributed by atoms with Gasteiger partial charge in [0.1, 0.15) is 10.6 Å². The lowest BCUT2D eigenvalue weighted by Gasteiger charge is -2.24. The quantitative estimate of drug-likeness (QED) is 0.791. The highest BCUT2D eigenvalue weighted by Gasteiger charge is 2.31. The van der Waals surface area contributed by atoms with Crippen LogP contribution < -0.4 is 15.0 Å². The Morgan fingerprint density at radius 2 is 2.07 bits per heavy atom. The number of benzene rings is 2. The van der Waals surface area contributed by atoms with Gasteiger partial charge in [0, 0.05) is 25.3 Å². The Kier molecular flexibility index (Phi) is 4.97. The molecule has 4 rings (SSSR count). The van der Waals surface area contributed by atoms with E-state index in [2.05, 4.69) is 5.32 Å². The number of amides is 2. The third kappa shape index (κ3) is 3.57. The normalized spacial score (nSPS) is 15.6. The highest BCUT2D eigenvalue weighted by Crippen LogP contribution is 2.36. The van der Waals surface area contributed by atoms with Gasteiger partial charge in [-0.2, -0.15) is 4.31 Å². The number of nitrogens with one attached hydrogen (secondary N) is 1. The van der Waals surface area contributed by atoms with E-state index in [9.17, 15) is 18.0 Å². The van der Waals surface area contributed by atoms with Crippen molar-refractivity contribution in [3.05, 3.63) is 47.0 Å². The maximum absolute atomic E-state index is 13.0. The molecule has 0 atom stereocenters. The molecule has 1 N–H and O–H groups in total. The Morgan fingerprint density at radius 1 is 1.31 bits per heavy atom. The van der Waals surface area contributed by atoms with Crippen LogP contribution in [0, 0.1) is 0 Å². The molecule has 0 unspecified atom stereocenters. The molecule has 2 aromatic rings. The first-order chi connectivity index (χ1) is 13.8. The zero-order chi connectivity index (χ0) is 20.8. The molecule has 0 spiro atoms. The first kappa shape index (κ1) is 19.7. The lowest BCUT2D eigenvalue weighted by molar-refractivity contribution is -0.119. The summed E-state index contributed by atoms with van der Waals surface area (Å²) < 4.78 is 32.3. The van der Waals surface area contributed by atoms with E-state index in [0.29, 0.717) is 12.2 Å². The minimum absolute atomic E-state index is 0.0691. The molecule has 2 aromatic carbocycles. The lowest BCUT2D eigenvalue weighted by atomic mass is 10.2. The number of carbonyl (C=O) groups excluding carboxylic acids is 2. The Morgan fingerprint density at radius 3 is 2.86 bits per heavy atom. The van der Waals surface area contributed by atoms with Gasteiger partial charge in [-0.15, -0.1) is 0 Å². The lowest BCUT2D eigenvalue weighted by Crippen LogP contribution is -2.40. The molecule has 2 heterocycles. The van der Waals surface area contributed by atoms with E-state index in [1.54, 1.807) is 4.90 Å². The van der Waals surface area contributed by atoms with E-state index in [0.717, 1.165) is 22.0 Å². The third-order valence-corrected chi connectivity index (χ3v) is 7.17. The van der Waals surface area contributed by atoms with Crippen LogP contribution in [0.25, 0.3) is 0 Å². The Labute approximate surface area is 173 Å². The van der Waals surface area contributed by atoms with Gasteiger partial charge in [-0.25, -0.2) is 8.42 Å². The molecule has 2 amide bonds. The molecular weight excluding hydrogens is 418 g/mol. The number of rotatable bonds is 4. The number of sulfonamides is 1. The molecule has 152 valence electrons. The van der Waals surface area contributed by atoms with Crippen molar-refractivity contribution >= 4 is 44.8 Å². The van der Waals surface area contributed by atoms with Crippen LogP contribution in [0.15, 0.2) is 41.3 Å². The molecule has 10 heteroatoms. The summed E-state index contributed by atoms with van der Waals surface area (Å²) in [5.41, 5.74) is 2.17. The number of nitrogens with zero attached hydrogens (tertiary/aromatic N) is 2. The Bertz CT molecular complexity index is 1120. The average Bonchev–Trinajstić information content (AvgIpc) is 3.11. The van der Waals surface area contributed by atoms with Crippen LogP contribution >= 0.6 is 11.6 Å². The second-order valence-electron chi connectivity index (χ2n) is 6.80. The number of likely N-dealkylation sites (N-methyl/N-ethyl adjacent to an activating group) is 1. The second-order valence-corrected chi connectivity index (χ2v) is 9.22. The maximum Gasteiger partial charge on any atom is 0.262 e. The molecular formula is C19H18ClN3O5S. The number of halogens is 1. The van der Waals surface area contributed by atoms with Gasteiger partial charge in [-0.3, -0.25) is 9.59 Å². The fraction of sp³-hybridized carbons (Fsp3) is 0.263. The summed E-state index contributed by atoms with van der Waals surface area (Å²) >= 11 is 6.16. The van der Waals surface area contributed by atoms with Crippen LogP contribution in [0.5, 0.6) is 5.75 Å². The summed E-state index contributed by atoms with van der Waals surface area (Å²) in [5, 5.41) is 2.50. The van der Waals surface area contributed by atoms with Gasteiger partial charge in [0.15, 0.2) is 6.61 Å². The number of carbonyl (C=O) groups is 2. The topological polar surface area (TPSA) is 96.0 Å². The zero-order valence-corrected chi connectivity index (χ0v) is 17.1. The van der Waals surface area contributed by atoms with Gasteiger partial charge in [0.05, 0.1) is 17.3 Å². The molecule has 0 aromatic heterocycles. The molecule has 2 aliphatic rings. The predicted molar refractivity (Wildman–Crippen MR) is 108 cm³/mol. The van der Waals surface area contributed by atoms with E-state index in [-0.39, 0.29) is 40.6 Å². The monoisotopic (exact) mass is 435 g/mol. The smallest absolute Gasteiger partial charge is 0.262 e. The average molecular weight is 436 g/mol. The van der Waals surface area contributed by atoms with Crippen LogP contribution in [-0.2, 0) is 26.0 Å². The zero-order valence-electron chi connectivity index (χ0n) is 15.5. The van der Waals surface area contributed by atoms with Gasteiger partial charge in [0.25, 0.3) is 5.91 Å². The van der Waals surface area contributed by atoms with Crippen molar-refractivity contribution in [3.8, 4) is 5.75 Å². The number of fused-ring (bicyclic) bond motifs is 2. The number of ether oxygens (including phenoxy) is 1. The first-order valence-electron chi connectivity index (χ1n) is 8.88. The summed E-state index contributed by atoms with van der Waals surface area (Å²) in [4.78, 5) is 25.6. The molecule has 0 bridgehead atoms. The predicted octanol–water partition coefficient (Wildman–Crippen LogP) is 1.88. The molecule has 0 radical (unpaired) electrons. The number of hydrogen-bond acceptors (Lipinski definition) is 5. The Balaban J connectivity index is 1.56. The van der Waals surface area contributed by atoms with Crippen molar-refractivity contribution < 1.29 is 22.7 Å². The van der Waals surface area contributed by atoms with Crippen molar-refractivity contribution in [2.75, 3.05) is 37.0 Å². The molecule has 0 aliphatic carbocycles. The van der Waals surface area contributed by atoms with Gasteiger partial charge in [-0.05, 0) is 24.1 Å². The van der Waals surface area contributed by atoms with E-state index in [1.807, 2.05) is 24.3 Å². The highest BCUT2D eigenvalue weighted by molar-refractivity contribution is 7.89. The van der Waals surface area contributed by atoms with Crippen molar-refractivity contribution in [1.29, 1.82) is 0 Å². The fourth-order valence-electron chi connectivity index (χ4n) is 3.41. The minimum atomic E-state index is -4.06. The molecule has 0 saturated carbocycles. The largest absolute Gasteiger partial charge is 0.482 e. The van der Waals surface area contributed by atoms with E-state index < -0.39 is 10.0 Å². The maximum atomic E-state index is 13.0. The summed E-state index contributed by atoms with van der Waals surface area (Å²) in [5.74, 6) is -0.461. The van der Waals surface area contributed by atoms with E-state index >= 15 is 0 Å². The summed E-state index contributed by atoms with van der Waals surface area (Å²) in [7, 11) is -2.73. The van der Waals surface area contributed by atoms with Crippen molar-refractivity contribution in [1.82, 2.24) is 4.31 Å². The minimum Gasteiger partial charge on any atom is -0.482 e. The van der Waals surface area contributed by atoms with Crippen molar-refractivity contribution in [2.45, 2.75) is 11.3 Å². The van der Waals surface area contributed by atoms with Crippen LogP contribution in [0.3, 0.4) is 0 Å². The van der Waals surface area contributed by atoms with E-state index in [4.69, 9.17) is 16.3 Å². The van der Waals surface area contributed by atoms with Crippen molar-refractivity contribution in [3.63, 3.8) is 0 Å². The first-order valence-corrected chi connectivity index (χ1v) is 10.7. The van der Waals surface area contributed by atoms with Crippen LogP contribution in [0.1, 0.15) is 5.56 Å². The van der Waals surface area contributed by atoms with Gasteiger partial charge < -0.3 is 15.0 Å². The van der Waals surface area contributed by atoms with Gasteiger partial charge >= 0.3 is 0 Å². The summed E-state index contributed by atoms with van der Waals surface area (Å²) in [6, 6.07) is 10.1. The van der Waals surface area contributed by atoms with Crippen molar-refractivity contribution in [2.24, 2.45) is 0 Å². The molecule has 0 fully saturated rings. The highest BCUT2D eigenvalue weighted by atomic mass is 35.5. The van der Waals surface area contributed by atoms with Crippen LogP contribution in [0.2, 0.25) is 5.02 Å². The standard InChI is InChI=1S/C19H18ClN3O5S/c1-22(10-19(25)23-7-6-12-4-2-3-5-15(12)23)29(26,27)17-9-16-14(8-13(17)20)21-18(24)11-28-16/h2-5,8-9H,6-7,10-11H2,1H3,(H,21,24). The van der Waals surface area contributed by atoms with E-state index in [1.165, 1.54) is 19.2 Å². The number of hydrogen-bond donors (Lipinski definition) is 1. The SMILES string of the molecule is CN(CC(=O)N1CCc2ccccc21)S(=O)(=O)c1cc2c(cc1Cl)NC(=O)CO2. The van der Waals surface area contributed by atoms with Crippen LogP contribution in [-0.4, -0.2) is 51.3 Å². The summed E-state index contributed by atoms with van der Waals surface area (Å²) in [6.45, 7) is -0.0301. The molecule has 2 aliphatic heterocycles. The van der Waals surface area contributed by atoms with Gasteiger partial charge in [0.2, 0.25) is 15.9 Å². The fourth-order valence-corrected chi connectivity index (χ4v) is 5.04. The van der Waals surface area contributed by atoms with Gasteiger partial charge in [-0.1, -0.05) is 29.8 Å². The number of anilines is 2. The molecule has 29 heavy (non-hydrogen) atoms. The molecule has 0 saturated heterocycles. The van der Waals surface area contributed by atoms with Crippen LogP contribution in [0.4, 0.5) is 11.4 Å².